The maximum absolute atomic E-state index is 5.75. The number of aromatic nitrogens is 2. The van der Waals surface area contributed by atoms with E-state index in [4.69, 9.17) is 7.85 Å². The fourth-order valence-corrected chi connectivity index (χ4v) is 1.05. The highest BCUT2D eigenvalue weighted by Gasteiger charge is 2.17. The molecule has 2 radical (unpaired) electrons. The lowest BCUT2D eigenvalue weighted by atomic mass is 9.91. The first kappa shape index (κ1) is 9.36. The Bertz CT molecular complexity index is 271. The van der Waals surface area contributed by atoms with Crippen molar-refractivity contribution in [2.75, 3.05) is 0 Å². The Labute approximate surface area is 75.4 Å². The number of aryl methyl sites for hydroxylation is 1. The molecule has 0 saturated heterocycles. The van der Waals surface area contributed by atoms with Gasteiger partial charge in [-0.25, -0.2) is 0 Å². The van der Waals surface area contributed by atoms with Gasteiger partial charge in [-0.15, -0.1) is 0 Å². The van der Waals surface area contributed by atoms with Crippen LogP contribution in [0.1, 0.15) is 33.4 Å². The molecule has 0 aliphatic carbocycles. The van der Waals surface area contributed by atoms with Crippen molar-refractivity contribution < 1.29 is 0 Å². The van der Waals surface area contributed by atoms with Crippen LogP contribution in [0, 0.1) is 0 Å². The van der Waals surface area contributed by atoms with Crippen molar-refractivity contribution in [1.29, 1.82) is 0 Å². The van der Waals surface area contributed by atoms with E-state index in [9.17, 15) is 0 Å². The van der Waals surface area contributed by atoms with Gasteiger partial charge in [0.2, 0.25) is 0 Å². The number of hydrogen-bond acceptors (Lipinski definition) is 1. The smallest absolute Gasteiger partial charge is 0.141 e. The molecular formula is C9H15BN2. The maximum atomic E-state index is 5.75. The van der Waals surface area contributed by atoms with Gasteiger partial charge in [0.05, 0.1) is 5.69 Å². The first-order chi connectivity index (χ1) is 5.45. The van der Waals surface area contributed by atoms with Gasteiger partial charge in [0, 0.05) is 12.0 Å². The minimum absolute atomic E-state index is 0.0918. The van der Waals surface area contributed by atoms with Crippen molar-refractivity contribution in [3.05, 3.63) is 11.8 Å². The first-order valence-corrected chi connectivity index (χ1v) is 4.29. The Morgan fingerprint density at radius 1 is 1.50 bits per heavy atom. The van der Waals surface area contributed by atoms with E-state index < -0.39 is 0 Å². The van der Waals surface area contributed by atoms with Gasteiger partial charge in [-0.2, -0.15) is 5.10 Å². The molecule has 0 fully saturated rings. The lowest BCUT2D eigenvalue weighted by Gasteiger charge is -2.14. The third-order valence-corrected chi connectivity index (χ3v) is 1.88. The minimum atomic E-state index is 0.0918. The van der Waals surface area contributed by atoms with Gasteiger partial charge in [0.1, 0.15) is 7.85 Å². The summed E-state index contributed by atoms with van der Waals surface area (Å²) in [5.41, 5.74) is 1.90. The Morgan fingerprint density at radius 2 is 2.08 bits per heavy atom. The zero-order valence-corrected chi connectivity index (χ0v) is 8.26. The van der Waals surface area contributed by atoms with E-state index in [2.05, 4.69) is 25.9 Å². The summed E-state index contributed by atoms with van der Waals surface area (Å²) in [4.78, 5) is 0. The molecule has 3 heteroatoms. The van der Waals surface area contributed by atoms with Gasteiger partial charge in [-0.1, -0.05) is 20.8 Å². The number of rotatable bonds is 1. The van der Waals surface area contributed by atoms with E-state index in [0.717, 1.165) is 17.8 Å². The fraction of sp³-hybridized carbons (Fsp3) is 0.667. The second kappa shape index (κ2) is 2.96. The average molecular weight is 162 g/mol. The van der Waals surface area contributed by atoms with Gasteiger partial charge in [-0.05, 0) is 18.6 Å². The fourth-order valence-electron chi connectivity index (χ4n) is 1.05. The maximum Gasteiger partial charge on any atom is 0.141 e. The predicted molar refractivity (Wildman–Crippen MR) is 52.0 cm³/mol. The van der Waals surface area contributed by atoms with Crippen LogP contribution in [0.15, 0.2) is 6.07 Å². The van der Waals surface area contributed by atoms with Crippen molar-refractivity contribution in [2.45, 2.75) is 39.7 Å². The van der Waals surface area contributed by atoms with Gasteiger partial charge >= 0.3 is 0 Å². The van der Waals surface area contributed by atoms with E-state index >= 15 is 0 Å². The van der Waals surface area contributed by atoms with Crippen LogP contribution in [0.25, 0.3) is 0 Å². The Kier molecular flexibility index (Phi) is 2.31. The lowest BCUT2D eigenvalue weighted by Crippen LogP contribution is -2.16. The first-order valence-electron chi connectivity index (χ1n) is 4.29. The van der Waals surface area contributed by atoms with Crippen molar-refractivity contribution in [1.82, 2.24) is 9.78 Å². The van der Waals surface area contributed by atoms with Gasteiger partial charge in [-0.3, -0.25) is 4.68 Å². The average Bonchev–Trinajstić information content (AvgIpc) is 2.29. The van der Waals surface area contributed by atoms with Crippen molar-refractivity contribution in [3.8, 4) is 0 Å². The van der Waals surface area contributed by atoms with Crippen molar-refractivity contribution >= 4 is 13.4 Å². The van der Waals surface area contributed by atoms with Crippen LogP contribution in [0.5, 0.6) is 0 Å². The Hall–Kier alpha value is -0.725. The van der Waals surface area contributed by atoms with E-state index in [1.165, 1.54) is 0 Å². The van der Waals surface area contributed by atoms with Gasteiger partial charge < -0.3 is 0 Å². The van der Waals surface area contributed by atoms with E-state index in [0.29, 0.717) is 0 Å². The highest BCUT2D eigenvalue weighted by molar-refractivity contribution is 6.30. The summed E-state index contributed by atoms with van der Waals surface area (Å²) in [5.74, 6) is 0. The van der Waals surface area contributed by atoms with Crippen LogP contribution in [0.4, 0.5) is 0 Å². The molecule has 0 aromatic carbocycles. The molecule has 1 aromatic rings. The van der Waals surface area contributed by atoms with E-state index in [1.807, 2.05) is 17.7 Å². The monoisotopic (exact) mass is 162 g/mol. The molecule has 0 atom stereocenters. The molecule has 0 amide bonds. The van der Waals surface area contributed by atoms with Crippen molar-refractivity contribution in [3.63, 3.8) is 0 Å². The molecule has 12 heavy (non-hydrogen) atoms. The van der Waals surface area contributed by atoms with Gasteiger partial charge in [0.15, 0.2) is 0 Å². The third-order valence-electron chi connectivity index (χ3n) is 1.88. The summed E-state index contributed by atoms with van der Waals surface area (Å²) in [6, 6.07) is 1.95. The van der Waals surface area contributed by atoms with Crippen molar-refractivity contribution in [2.24, 2.45) is 0 Å². The number of hydrogen-bond donors (Lipinski definition) is 0. The molecule has 64 valence electrons. The summed E-state index contributed by atoms with van der Waals surface area (Å²) in [5, 5.41) is 4.39. The molecule has 0 saturated carbocycles. The Balaban J connectivity index is 3.05. The summed E-state index contributed by atoms with van der Waals surface area (Å²) < 4.78 is 1.82. The zero-order chi connectivity index (χ0) is 9.35. The summed E-state index contributed by atoms with van der Waals surface area (Å²) in [7, 11) is 5.75. The standard InChI is InChI=1S/C9H15BN2/c1-5-12-8(10)6-7(11-12)9(2,3)4/h6H,5H2,1-4H3. The van der Waals surface area contributed by atoms with E-state index in [-0.39, 0.29) is 5.41 Å². The van der Waals surface area contributed by atoms with E-state index in [1.54, 1.807) is 0 Å². The van der Waals surface area contributed by atoms with Crippen LogP contribution in [0.3, 0.4) is 0 Å². The molecule has 1 heterocycles. The van der Waals surface area contributed by atoms with Crippen LogP contribution in [-0.4, -0.2) is 17.6 Å². The second-order valence-electron chi connectivity index (χ2n) is 4.02. The summed E-state index contributed by atoms with van der Waals surface area (Å²) in [6.45, 7) is 9.27. The summed E-state index contributed by atoms with van der Waals surface area (Å²) in [6.07, 6.45) is 0. The highest BCUT2D eigenvalue weighted by Crippen LogP contribution is 2.18. The Morgan fingerprint density at radius 3 is 2.33 bits per heavy atom. The van der Waals surface area contributed by atoms with Crippen LogP contribution < -0.4 is 5.59 Å². The molecule has 1 rings (SSSR count). The van der Waals surface area contributed by atoms with Crippen LogP contribution in [-0.2, 0) is 12.0 Å². The molecular weight excluding hydrogens is 147 g/mol. The number of nitrogens with zero attached hydrogens (tertiary/aromatic N) is 2. The SMILES string of the molecule is [B]c1cc(C(C)(C)C)nn1CC. The molecule has 0 N–H and O–H groups in total. The van der Waals surface area contributed by atoms with Gasteiger partial charge in [0.25, 0.3) is 0 Å². The predicted octanol–water partition coefficient (Wildman–Crippen LogP) is 0.994. The minimum Gasteiger partial charge on any atom is -0.280 e. The molecule has 2 nitrogen and oxygen atoms in total. The lowest BCUT2D eigenvalue weighted by molar-refractivity contribution is 0.543. The van der Waals surface area contributed by atoms with Crippen LogP contribution in [0.2, 0.25) is 0 Å². The molecule has 0 bridgehead atoms. The molecule has 0 spiro atoms. The highest BCUT2D eigenvalue weighted by atomic mass is 15.3. The topological polar surface area (TPSA) is 17.8 Å². The van der Waals surface area contributed by atoms with Crippen LogP contribution >= 0.6 is 0 Å². The zero-order valence-electron chi connectivity index (χ0n) is 8.26. The quantitative estimate of drug-likeness (QED) is 0.563. The molecule has 0 aliphatic rings. The normalized spacial score (nSPS) is 12.0. The summed E-state index contributed by atoms with van der Waals surface area (Å²) >= 11 is 0. The molecule has 0 unspecified atom stereocenters. The third kappa shape index (κ3) is 1.71. The molecule has 0 aliphatic heterocycles. The molecule has 1 aromatic heterocycles. The largest absolute Gasteiger partial charge is 0.280 e. The second-order valence-corrected chi connectivity index (χ2v) is 4.02.